The van der Waals surface area contributed by atoms with Gasteiger partial charge in [-0.2, -0.15) is 0 Å². The Kier molecular flexibility index (Phi) is 5.61. The largest absolute Gasteiger partial charge is 0.376 e. The molecule has 1 aromatic carbocycles. The molecular weight excluding hydrogens is 248 g/mol. The predicted octanol–water partition coefficient (Wildman–Crippen LogP) is 3.56. The molecular formula is C17H28N2O. The number of benzene rings is 1. The van der Waals surface area contributed by atoms with Gasteiger partial charge in [-0.05, 0) is 36.0 Å². The zero-order valence-corrected chi connectivity index (χ0v) is 13.6. The number of carbonyl (C=O) groups excluding carboxylic acids is 1. The van der Waals surface area contributed by atoms with E-state index in [0.717, 1.165) is 5.69 Å². The highest BCUT2D eigenvalue weighted by atomic mass is 16.1. The second-order valence-corrected chi connectivity index (χ2v) is 6.78. The maximum atomic E-state index is 11.8. The molecule has 0 aliphatic rings. The fraction of sp³-hybridized carbons (Fsp3) is 0.588. The molecule has 112 valence electrons. The van der Waals surface area contributed by atoms with Crippen molar-refractivity contribution in [2.75, 3.05) is 11.9 Å². The Morgan fingerprint density at radius 2 is 1.65 bits per heavy atom. The lowest BCUT2D eigenvalue weighted by Crippen LogP contribution is -2.39. The van der Waals surface area contributed by atoms with E-state index in [1.165, 1.54) is 5.56 Å². The minimum absolute atomic E-state index is 0.0334. The summed E-state index contributed by atoms with van der Waals surface area (Å²) in [6, 6.07) is 8.47. The molecule has 1 aromatic rings. The van der Waals surface area contributed by atoms with Crippen molar-refractivity contribution in [1.29, 1.82) is 0 Å². The van der Waals surface area contributed by atoms with Crippen LogP contribution in [0.2, 0.25) is 0 Å². The van der Waals surface area contributed by atoms with Gasteiger partial charge in [0.05, 0.1) is 6.54 Å². The van der Waals surface area contributed by atoms with Crippen LogP contribution in [0.5, 0.6) is 0 Å². The molecule has 1 unspecified atom stereocenters. The fourth-order valence-corrected chi connectivity index (χ4v) is 1.74. The van der Waals surface area contributed by atoms with Crippen LogP contribution in [0.4, 0.5) is 5.69 Å². The van der Waals surface area contributed by atoms with Gasteiger partial charge in [0.1, 0.15) is 0 Å². The van der Waals surface area contributed by atoms with E-state index in [1.54, 1.807) is 0 Å². The normalized spacial score (nSPS) is 13.2. The highest BCUT2D eigenvalue weighted by Gasteiger charge is 2.13. The van der Waals surface area contributed by atoms with Gasteiger partial charge in [0, 0.05) is 11.7 Å². The number of rotatable bonds is 5. The van der Waals surface area contributed by atoms with E-state index in [2.05, 4.69) is 57.4 Å². The molecule has 0 bridgehead atoms. The molecule has 3 heteroatoms. The van der Waals surface area contributed by atoms with Crippen LogP contribution >= 0.6 is 0 Å². The van der Waals surface area contributed by atoms with Crippen molar-refractivity contribution in [3.8, 4) is 0 Å². The average molecular weight is 276 g/mol. The van der Waals surface area contributed by atoms with Crippen LogP contribution in [0.25, 0.3) is 0 Å². The molecule has 0 saturated heterocycles. The first-order chi connectivity index (χ1) is 9.20. The van der Waals surface area contributed by atoms with Crippen LogP contribution in [-0.2, 0) is 10.2 Å². The number of hydrogen-bond acceptors (Lipinski definition) is 2. The molecule has 0 aromatic heterocycles. The predicted molar refractivity (Wildman–Crippen MR) is 86.1 cm³/mol. The SMILES string of the molecule is CC(C)C(C)NC(=O)CNc1ccc(C(C)(C)C)cc1. The van der Waals surface area contributed by atoms with Gasteiger partial charge in [-0.15, -0.1) is 0 Å². The van der Waals surface area contributed by atoms with Crippen LogP contribution in [0.15, 0.2) is 24.3 Å². The Morgan fingerprint density at radius 1 is 1.10 bits per heavy atom. The zero-order valence-electron chi connectivity index (χ0n) is 13.6. The summed E-state index contributed by atoms with van der Waals surface area (Å²) in [5, 5.41) is 6.14. The van der Waals surface area contributed by atoms with Crippen LogP contribution in [0.1, 0.15) is 47.1 Å². The van der Waals surface area contributed by atoms with Gasteiger partial charge in [0.15, 0.2) is 0 Å². The molecule has 20 heavy (non-hydrogen) atoms. The summed E-state index contributed by atoms with van der Waals surface area (Å²) >= 11 is 0. The summed E-state index contributed by atoms with van der Waals surface area (Å²) in [4.78, 5) is 11.8. The molecule has 0 spiro atoms. The van der Waals surface area contributed by atoms with Gasteiger partial charge in [-0.3, -0.25) is 4.79 Å². The number of carbonyl (C=O) groups is 1. The van der Waals surface area contributed by atoms with E-state index in [1.807, 2.05) is 19.1 Å². The van der Waals surface area contributed by atoms with E-state index in [9.17, 15) is 4.79 Å². The Balaban J connectivity index is 2.48. The highest BCUT2D eigenvalue weighted by Crippen LogP contribution is 2.23. The summed E-state index contributed by atoms with van der Waals surface area (Å²) in [6.45, 7) is 13.1. The topological polar surface area (TPSA) is 41.1 Å². The first-order valence-electron chi connectivity index (χ1n) is 7.34. The maximum absolute atomic E-state index is 11.8. The van der Waals surface area contributed by atoms with Gasteiger partial charge in [-0.1, -0.05) is 46.8 Å². The van der Waals surface area contributed by atoms with Crippen LogP contribution in [-0.4, -0.2) is 18.5 Å². The van der Waals surface area contributed by atoms with Crippen LogP contribution in [0, 0.1) is 5.92 Å². The van der Waals surface area contributed by atoms with Gasteiger partial charge < -0.3 is 10.6 Å². The first-order valence-corrected chi connectivity index (χ1v) is 7.34. The Morgan fingerprint density at radius 3 is 2.10 bits per heavy atom. The fourth-order valence-electron chi connectivity index (χ4n) is 1.74. The number of hydrogen-bond donors (Lipinski definition) is 2. The second kappa shape index (κ2) is 6.78. The van der Waals surface area contributed by atoms with Crippen molar-refractivity contribution in [2.45, 2.75) is 53.0 Å². The van der Waals surface area contributed by atoms with E-state index in [4.69, 9.17) is 0 Å². The van der Waals surface area contributed by atoms with Gasteiger partial charge in [0.25, 0.3) is 0 Å². The smallest absolute Gasteiger partial charge is 0.239 e. The van der Waals surface area contributed by atoms with Crippen molar-refractivity contribution in [3.63, 3.8) is 0 Å². The molecule has 0 fully saturated rings. The molecule has 1 atom stereocenters. The van der Waals surface area contributed by atoms with E-state index in [0.29, 0.717) is 12.5 Å². The van der Waals surface area contributed by atoms with Crippen molar-refractivity contribution >= 4 is 11.6 Å². The van der Waals surface area contributed by atoms with Crippen LogP contribution in [0.3, 0.4) is 0 Å². The molecule has 1 rings (SSSR count). The van der Waals surface area contributed by atoms with Gasteiger partial charge in [-0.25, -0.2) is 0 Å². The monoisotopic (exact) mass is 276 g/mol. The van der Waals surface area contributed by atoms with Crippen molar-refractivity contribution in [2.24, 2.45) is 5.92 Å². The molecule has 0 saturated carbocycles. The third-order valence-electron chi connectivity index (χ3n) is 3.59. The minimum atomic E-state index is 0.0334. The summed E-state index contributed by atoms with van der Waals surface area (Å²) in [6.07, 6.45) is 0. The van der Waals surface area contributed by atoms with Crippen molar-refractivity contribution in [1.82, 2.24) is 5.32 Å². The van der Waals surface area contributed by atoms with E-state index < -0.39 is 0 Å². The zero-order chi connectivity index (χ0) is 15.3. The van der Waals surface area contributed by atoms with Gasteiger partial charge in [0.2, 0.25) is 5.91 Å². The standard InChI is InChI=1S/C17H28N2O/c1-12(2)13(3)19-16(20)11-18-15-9-7-14(8-10-15)17(4,5)6/h7-10,12-13,18H,11H2,1-6H3,(H,19,20). The Bertz CT molecular complexity index is 429. The summed E-state index contributed by atoms with van der Waals surface area (Å²) in [7, 11) is 0. The average Bonchev–Trinajstić information content (AvgIpc) is 2.35. The maximum Gasteiger partial charge on any atom is 0.239 e. The Hall–Kier alpha value is -1.51. The first kappa shape index (κ1) is 16.5. The van der Waals surface area contributed by atoms with E-state index in [-0.39, 0.29) is 17.4 Å². The molecule has 0 aliphatic carbocycles. The lowest BCUT2D eigenvalue weighted by Gasteiger charge is -2.20. The second-order valence-electron chi connectivity index (χ2n) is 6.78. The summed E-state index contributed by atoms with van der Waals surface area (Å²) in [5.41, 5.74) is 2.43. The quantitative estimate of drug-likeness (QED) is 0.863. The lowest BCUT2D eigenvalue weighted by molar-refractivity contribution is -0.120. The molecule has 3 nitrogen and oxygen atoms in total. The van der Waals surface area contributed by atoms with Crippen molar-refractivity contribution in [3.05, 3.63) is 29.8 Å². The molecule has 0 heterocycles. The summed E-state index contributed by atoms with van der Waals surface area (Å²) < 4.78 is 0. The highest BCUT2D eigenvalue weighted by molar-refractivity contribution is 5.80. The number of nitrogens with one attached hydrogen (secondary N) is 2. The minimum Gasteiger partial charge on any atom is -0.376 e. The molecule has 2 N–H and O–H groups in total. The van der Waals surface area contributed by atoms with E-state index >= 15 is 0 Å². The molecule has 1 amide bonds. The molecule has 0 radical (unpaired) electrons. The Labute approximate surface area is 123 Å². The van der Waals surface area contributed by atoms with Crippen LogP contribution < -0.4 is 10.6 Å². The van der Waals surface area contributed by atoms with Gasteiger partial charge >= 0.3 is 0 Å². The number of amides is 1. The lowest BCUT2D eigenvalue weighted by atomic mass is 9.87. The third kappa shape index (κ3) is 5.24. The third-order valence-corrected chi connectivity index (χ3v) is 3.59. The summed E-state index contributed by atoms with van der Waals surface area (Å²) in [5.74, 6) is 0.483. The molecule has 0 aliphatic heterocycles. The van der Waals surface area contributed by atoms with Crippen molar-refractivity contribution < 1.29 is 4.79 Å². The number of anilines is 1.